The van der Waals surface area contributed by atoms with Crippen LogP contribution in [-0.2, 0) is 10.2 Å². The van der Waals surface area contributed by atoms with Crippen LogP contribution in [0.2, 0.25) is 5.02 Å². The summed E-state index contributed by atoms with van der Waals surface area (Å²) >= 11 is 6.02. The molecule has 1 aromatic heterocycles. The van der Waals surface area contributed by atoms with Crippen LogP contribution in [0.15, 0.2) is 77.9 Å². The molecule has 6 nitrogen and oxygen atoms in total. The number of halogens is 1. The lowest BCUT2D eigenvalue weighted by atomic mass is 9.71. The average Bonchev–Trinajstić information content (AvgIpc) is 3.35. The van der Waals surface area contributed by atoms with E-state index < -0.39 is 5.54 Å². The van der Waals surface area contributed by atoms with Gasteiger partial charge in [-0.1, -0.05) is 55.1 Å². The standard InChI is InChI=1S/C31H33ClN4O2/c1-30(36-28(37)22-12-14-24(32)15-13-22,19-23-20-34-26-10-4-3-9-25(23)26)29(38)35-21-31(16-6-2-7-17-31)27-11-5-8-18-33-27/h3-5,8-15,18,20,23H,2,6-7,16-17,19,21H2,1H3,(H,35,38)(H,36,37). The maximum absolute atomic E-state index is 14.0. The summed E-state index contributed by atoms with van der Waals surface area (Å²) in [5, 5.41) is 6.84. The summed E-state index contributed by atoms with van der Waals surface area (Å²) in [6, 6.07) is 20.6. The molecule has 2 aromatic carbocycles. The summed E-state index contributed by atoms with van der Waals surface area (Å²) in [7, 11) is 0. The molecule has 38 heavy (non-hydrogen) atoms. The first-order valence-corrected chi connectivity index (χ1v) is 13.7. The zero-order valence-corrected chi connectivity index (χ0v) is 22.4. The van der Waals surface area contributed by atoms with Crippen molar-refractivity contribution in [2.75, 3.05) is 6.54 Å². The Balaban J connectivity index is 1.40. The van der Waals surface area contributed by atoms with Crippen molar-refractivity contribution in [3.8, 4) is 0 Å². The number of carbonyl (C=O) groups excluding carboxylic acids is 2. The minimum absolute atomic E-state index is 0.0908. The maximum Gasteiger partial charge on any atom is 0.252 e. The van der Waals surface area contributed by atoms with E-state index in [1.807, 2.05) is 48.8 Å². The van der Waals surface area contributed by atoms with Crippen molar-refractivity contribution in [3.05, 3.63) is 94.8 Å². The molecule has 0 saturated heterocycles. The number of hydrogen-bond acceptors (Lipinski definition) is 4. The number of carbonyl (C=O) groups is 2. The molecule has 0 radical (unpaired) electrons. The summed E-state index contributed by atoms with van der Waals surface area (Å²) in [6.45, 7) is 2.28. The molecule has 2 atom stereocenters. The second-order valence-corrected chi connectivity index (χ2v) is 11.1. The largest absolute Gasteiger partial charge is 0.353 e. The molecule has 2 N–H and O–H groups in total. The van der Waals surface area contributed by atoms with Crippen molar-refractivity contribution in [3.63, 3.8) is 0 Å². The fourth-order valence-electron chi connectivity index (χ4n) is 5.77. The lowest BCUT2D eigenvalue weighted by Gasteiger charge is -2.39. The Bertz CT molecular complexity index is 1320. The van der Waals surface area contributed by atoms with Gasteiger partial charge in [-0.3, -0.25) is 19.6 Å². The first-order valence-electron chi connectivity index (χ1n) is 13.3. The van der Waals surface area contributed by atoms with Crippen molar-refractivity contribution in [2.45, 2.75) is 62.3 Å². The minimum atomic E-state index is -1.18. The Morgan fingerprint density at radius 3 is 2.47 bits per heavy atom. The van der Waals surface area contributed by atoms with Crippen LogP contribution in [0.1, 0.15) is 73.0 Å². The predicted molar refractivity (Wildman–Crippen MR) is 151 cm³/mol. The zero-order valence-electron chi connectivity index (χ0n) is 21.6. The third kappa shape index (κ3) is 5.51. The quantitative estimate of drug-likeness (QED) is 0.369. The van der Waals surface area contributed by atoms with Crippen LogP contribution in [0.3, 0.4) is 0 Å². The van der Waals surface area contributed by atoms with Gasteiger partial charge in [0.15, 0.2) is 0 Å². The Hall–Kier alpha value is -3.51. The summed E-state index contributed by atoms with van der Waals surface area (Å²) in [5.41, 5.74) is 2.04. The van der Waals surface area contributed by atoms with Crippen molar-refractivity contribution in [1.82, 2.24) is 15.6 Å². The number of aliphatic imine (C=N–C) groups is 1. The van der Waals surface area contributed by atoms with Crippen LogP contribution in [0.25, 0.3) is 0 Å². The van der Waals surface area contributed by atoms with Crippen LogP contribution in [0.4, 0.5) is 5.69 Å². The number of amides is 2. The van der Waals surface area contributed by atoms with Gasteiger partial charge in [0, 0.05) is 46.6 Å². The van der Waals surface area contributed by atoms with Gasteiger partial charge in [-0.2, -0.15) is 0 Å². The highest BCUT2D eigenvalue weighted by molar-refractivity contribution is 6.30. The summed E-state index contributed by atoms with van der Waals surface area (Å²) < 4.78 is 0. The minimum Gasteiger partial charge on any atom is -0.353 e. The number of nitrogens with one attached hydrogen (secondary N) is 2. The summed E-state index contributed by atoms with van der Waals surface area (Å²) in [4.78, 5) is 36.5. The fraction of sp³-hybridized carbons (Fsp3) is 0.355. The van der Waals surface area contributed by atoms with Crippen molar-refractivity contribution < 1.29 is 9.59 Å². The van der Waals surface area contributed by atoms with E-state index >= 15 is 0 Å². The number of benzene rings is 2. The van der Waals surface area contributed by atoms with Crippen LogP contribution in [0.5, 0.6) is 0 Å². The van der Waals surface area contributed by atoms with Gasteiger partial charge in [-0.05, 0) is 74.2 Å². The molecule has 2 heterocycles. The first-order chi connectivity index (χ1) is 18.4. The average molecular weight is 529 g/mol. The van der Waals surface area contributed by atoms with E-state index in [0.29, 0.717) is 23.6 Å². The van der Waals surface area contributed by atoms with Gasteiger partial charge < -0.3 is 10.6 Å². The van der Waals surface area contributed by atoms with E-state index in [1.54, 1.807) is 31.2 Å². The second-order valence-electron chi connectivity index (χ2n) is 10.7. The molecule has 196 valence electrons. The zero-order chi connectivity index (χ0) is 26.6. The van der Waals surface area contributed by atoms with Crippen molar-refractivity contribution in [2.24, 2.45) is 4.99 Å². The molecule has 2 amide bonds. The van der Waals surface area contributed by atoms with E-state index in [2.05, 4.69) is 26.7 Å². The van der Waals surface area contributed by atoms with Crippen LogP contribution in [-0.4, -0.2) is 35.1 Å². The van der Waals surface area contributed by atoms with Crippen LogP contribution >= 0.6 is 11.6 Å². The fourth-order valence-corrected chi connectivity index (χ4v) is 5.90. The molecule has 0 spiro atoms. The van der Waals surface area contributed by atoms with Gasteiger partial charge in [0.25, 0.3) is 5.91 Å². The predicted octanol–water partition coefficient (Wildman–Crippen LogP) is 6.13. The third-order valence-electron chi connectivity index (χ3n) is 7.96. The number of fused-ring (bicyclic) bond motifs is 1. The van der Waals surface area contributed by atoms with E-state index in [0.717, 1.165) is 42.6 Å². The number of rotatable bonds is 8. The van der Waals surface area contributed by atoms with E-state index in [-0.39, 0.29) is 23.1 Å². The van der Waals surface area contributed by atoms with Gasteiger partial charge in [-0.15, -0.1) is 0 Å². The molecular weight excluding hydrogens is 496 g/mol. The number of pyridine rings is 1. The molecule has 0 bridgehead atoms. The second kappa shape index (κ2) is 11.1. The molecule has 1 saturated carbocycles. The Kier molecular flexibility index (Phi) is 7.61. The molecule has 5 rings (SSSR count). The highest BCUT2D eigenvalue weighted by Crippen LogP contribution is 2.39. The molecule has 2 unspecified atom stereocenters. The van der Waals surface area contributed by atoms with Gasteiger partial charge in [-0.25, -0.2) is 0 Å². The molecule has 1 fully saturated rings. The number of nitrogens with zero attached hydrogens (tertiary/aromatic N) is 2. The highest BCUT2D eigenvalue weighted by atomic mass is 35.5. The monoisotopic (exact) mass is 528 g/mol. The summed E-state index contributed by atoms with van der Waals surface area (Å²) in [5.74, 6) is -0.620. The van der Waals surface area contributed by atoms with Gasteiger partial charge >= 0.3 is 0 Å². The smallest absolute Gasteiger partial charge is 0.252 e. The Labute approximate surface area is 228 Å². The van der Waals surface area contributed by atoms with E-state index in [4.69, 9.17) is 11.6 Å². The lowest BCUT2D eigenvalue weighted by molar-refractivity contribution is -0.127. The molecule has 1 aliphatic carbocycles. The molecule has 3 aromatic rings. The van der Waals surface area contributed by atoms with E-state index in [1.165, 1.54) is 6.42 Å². The van der Waals surface area contributed by atoms with Gasteiger partial charge in [0.2, 0.25) is 5.91 Å². The van der Waals surface area contributed by atoms with Crippen molar-refractivity contribution >= 4 is 35.3 Å². The molecule has 2 aliphatic rings. The lowest BCUT2D eigenvalue weighted by Crippen LogP contribution is -2.59. The SMILES string of the molecule is CC(CC1C=Nc2ccccc21)(NC(=O)c1ccc(Cl)cc1)C(=O)NCC1(c2ccccn2)CCCCC1. The summed E-state index contributed by atoms with van der Waals surface area (Å²) in [6.07, 6.45) is 9.43. The number of para-hydroxylation sites is 1. The van der Waals surface area contributed by atoms with E-state index in [9.17, 15) is 9.59 Å². The molecule has 1 aliphatic heterocycles. The van der Waals surface area contributed by atoms with Gasteiger partial charge in [0.1, 0.15) is 5.54 Å². The normalized spacial score (nSPS) is 19.3. The third-order valence-corrected chi connectivity index (χ3v) is 8.21. The topological polar surface area (TPSA) is 83.5 Å². The number of hydrogen-bond donors (Lipinski definition) is 2. The first kappa shape index (κ1) is 26.1. The van der Waals surface area contributed by atoms with Crippen LogP contribution < -0.4 is 10.6 Å². The Morgan fingerprint density at radius 1 is 1.00 bits per heavy atom. The van der Waals surface area contributed by atoms with Gasteiger partial charge in [0.05, 0.1) is 5.69 Å². The molecular formula is C31H33ClN4O2. The molecule has 7 heteroatoms. The van der Waals surface area contributed by atoms with Crippen molar-refractivity contribution in [1.29, 1.82) is 0 Å². The maximum atomic E-state index is 14.0. The highest BCUT2D eigenvalue weighted by Gasteiger charge is 2.41. The Morgan fingerprint density at radius 2 is 1.74 bits per heavy atom. The van der Waals surface area contributed by atoms with Crippen LogP contribution in [0, 0.1) is 0 Å². The number of aromatic nitrogens is 1.